The fourth-order valence-corrected chi connectivity index (χ4v) is 0.918. The molecule has 0 saturated carbocycles. The van der Waals surface area contributed by atoms with Crippen LogP contribution in [-0.2, 0) is 6.54 Å². The summed E-state index contributed by atoms with van der Waals surface area (Å²) in [5, 5.41) is 21.0. The summed E-state index contributed by atoms with van der Waals surface area (Å²) in [6, 6.07) is 7.05. The lowest BCUT2D eigenvalue weighted by atomic mass is 10.2. The Morgan fingerprint density at radius 2 is 2.08 bits per heavy atom. The zero-order valence-corrected chi connectivity index (χ0v) is 6.99. The Hall–Kier alpha value is -1.06. The molecule has 0 aliphatic heterocycles. The maximum absolute atomic E-state index is 9.30. The van der Waals surface area contributed by atoms with E-state index in [2.05, 4.69) is 5.32 Å². The van der Waals surface area contributed by atoms with Crippen LogP contribution in [0.2, 0.25) is 0 Å². The molecule has 3 N–H and O–H groups in total. The molecule has 1 aromatic carbocycles. The highest BCUT2D eigenvalue weighted by Gasteiger charge is 1.99. The Morgan fingerprint density at radius 3 is 2.67 bits per heavy atom. The van der Waals surface area contributed by atoms with Gasteiger partial charge in [-0.25, -0.2) is 0 Å². The van der Waals surface area contributed by atoms with Crippen LogP contribution in [0.3, 0.4) is 0 Å². The van der Waals surface area contributed by atoms with Gasteiger partial charge < -0.3 is 10.2 Å². The lowest BCUT2D eigenvalue weighted by Gasteiger charge is -2.08. The monoisotopic (exact) mass is 167 g/mol. The van der Waals surface area contributed by atoms with E-state index in [4.69, 9.17) is 5.11 Å². The van der Waals surface area contributed by atoms with Crippen LogP contribution in [0.4, 0.5) is 0 Å². The summed E-state index contributed by atoms with van der Waals surface area (Å²) in [5.74, 6) is 0.255. The van der Waals surface area contributed by atoms with Crippen LogP contribution in [0.5, 0.6) is 5.75 Å². The van der Waals surface area contributed by atoms with E-state index in [1.54, 1.807) is 19.1 Å². The zero-order chi connectivity index (χ0) is 8.97. The molecular formula is C9H13NO2. The highest BCUT2D eigenvalue weighted by Crippen LogP contribution is 2.14. The van der Waals surface area contributed by atoms with Crippen molar-refractivity contribution >= 4 is 0 Å². The first-order chi connectivity index (χ1) is 5.70. The van der Waals surface area contributed by atoms with Crippen LogP contribution >= 0.6 is 0 Å². The SMILES string of the molecule is CC(O)NCc1ccccc1O. The summed E-state index contributed by atoms with van der Waals surface area (Å²) in [7, 11) is 0. The van der Waals surface area contributed by atoms with Crippen molar-refractivity contribution in [2.24, 2.45) is 0 Å². The van der Waals surface area contributed by atoms with Crippen LogP contribution < -0.4 is 5.32 Å². The Bertz CT molecular complexity index is 248. The summed E-state index contributed by atoms with van der Waals surface area (Å²) in [4.78, 5) is 0. The molecule has 0 spiro atoms. The molecule has 0 fully saturated rings. The van der Waals surface area contributed by atoms with E-state index in [0.717, 1.165) is 5.56 Å². The minimum absolute atomic E-state index is 0.255. The molecular weight excluding hydrogens is 154 g/mol. The van der Waals surface area contributed by atoms with Gasteiger partial charge in [0, 0.05) is 12.1 Å². The zero-order valence-electron chi connectivity index (χ0n) is 6.99. The molecule has 0 radical (unpaired) electrons. The minimum Gasteiger partial charge on any atom is -0.508 e. The van der Waals surface area contributed by atoms with E-state index < -0.39 is 6.23 Å². The van der Waals surface area contributed by atoms with E-state index in [-0.39, 0.29) is 5.75 Å². The molecule has 1 aromatic rings. The Morgan fingerprint density at radius 1 is 1.42 bits per heavy atom. The highest BCUT2D eigenvalue weighted by molar-refractivity contribution is 5.31. The smallest absolute Gasteiger partial charge is 0.120 e. The van der Waals surface area contributed by atoms with Crippen molar-refractivity contribution < 1.29 is 10.2 Å². The summed E-state index contributed by atoms with van der Waals surface area (Å²) in [6.45, 7) is 2.12. The average molecular weight is 167 g/mol. The van der Waals surface area contributed by atoms with E-state index >= 15 is 0 Å². The van der Waals surface area contributed by atoms with Gasteiger partial charge in [-0.15, -0.1) is 0 Å². The van der Waals surface area contributed by atoms with Crippen LogP contribution in [0.25, 0.3) is 0 Å². The molecule has 1 atom stereocenters. The number of benzene rings is 1. The van der Waals surface area contributed by atoms with Crippen molar-refractivity contribution in [3.05, 3.63) is 29.8 Å². The standard InChI is InChI=1S/C9H13NO2/c1-7(11)10-6-8-4-2-3-5-9(8)12/h2-5,7,10-12H,6H2,1H3. The number of aliphatic hydroxyl groups is 1. The average Bonchev–Trinajstić information content (AvgIpc) is 2.03. The number of phenols is 1. The van der Waals surface area contributed by atoms with Crippen molar-refractivity contribution in [3.63, 3.8) is 0 Å². The molecule has 3 nitrogen and oxygen atoms in total. The second kappa shape index (κ2) is 4.09. The number of hydrogen-bond donors (Lipinski definition) is 3. The number of aromatic hydroxyl groups is 1. The number of phenolic OH excluding ortho intramolecular Hbond substituents is 1. The molecule has 0 aromatic heterocycles. The third kappa shape index (κ3) is 2.53. The minimum atomic E-state index is -0.551. The van der Waals surface area contributed by atoms with Gasteiger partial charge in [0.15, 0.2) is 0 Å². The van der Waals surface area contributed by atoms with Gasteiger partial charge in [0.2, 0.25) is 0 Å². The highest BCUT2D eigenvalue weighted by atomic mass is 16.3. The summed E-state index contributed by atoms with van der Waals surface area (Å²) < 4.78 is 0. The molecule has 3 heteroatoms. The molecule has 0 bridgehead atoms. The van der Waals surface area contributed by atoms with Crippen LogP contribution in [0.15, 0.2) is 24.3 Å². The Balaban J connectivity index is 2.57. The van der Waals surface area contributed by atoms with Gasteiger partial charge in [-0.2, -0.15) is 0 Å². The van der Waals surface area contributed by atoms with Gasteiger partial charge in [-0.1, -0.05) is 18.2 Å². The van der Waals surface area contributed by atoms with Crippen LogP contribution in [0, 0.1) is 0 Å². The van der Waals surface area contributed by atoms with Crippen molar-refractivity contribution in [2.75, 3.05) is 0 Å². The van der Waals surface area contributed by atoms with E-state index in [1.165, 1.54) is 0 Å². The molecule has 66 valence electrons. The lowest BCUT2D eigenvalue weighted by molar-refractivity contribution is 0.154. The van der Waals surface area contributed by atoms with Gasteiger partial charge in [0.1, 0.15) is 12.0 Å². The maximum atomic E-state index is 9.30. The molecule has 1 rings (SSSR count). The largest absolute Gasteiger partial charge is 0.508 e. The second-order valence-electron chi connectivity index (χ2n) is 2.69. The van der Waals surface area contributed by atoms with E-state index in [0.29, 0.717) is 6.54 Å². The van der Waals surface area contributed by atoms with Crippen molar-refractivity contribution in [1.29, 1.82) is 0 Å². The maximum Gasteiger partial charge on any atom is 0.120 e. The van der Waals surface area contributed by atoms with Gasteiger partial charge in [0.25, 0.3) is 0 Å². The van der Waals surface area contributed by atoms with E-state index in [9.17, 15) is 5.11 Å². The summed E-state index contributed by atoms with van der Waals surface area (Å²) in [6.07, 6.45) is -0.551. The molecule has 12 heavy (non-hydrogen) atoms. The third-order valence-electron chi connectivity index (χ3n) is 1.58. The fraction of sp³-hybridized carbons (Fsp3) is 0.333. The first-order valence-corrected chi connectivity index (χ1v) is 3.88. The summed E-state index contributed by atoms with van der Waals surface area (Å²) in [5.41, 5.74) is 0.790. The molecule has 0 aliphatic carbocycles. The van der Waals surface area contributed by atoms with Gasteiger partial charge in [-0.05, 0) is 13.0 Å². The lowest BCUT2D eigenvalue weighted by Crippen LogP contribution is -2.24. The van der Waals surface area contributed by atoms with Crippen molar-refractivity contribution in [1.82, 2.24) is 5.32 Å². The van der Waals surface area contributed by atoms with Gasteiger partial charge in [-0.3, -0.25) is 5.32 Å². The van der Waals surface area contributed by atoms with Crippen LogP contribution in [0.1, 0.15) is 12.5 Å². The molecule has 0 aliphatic rings. The topological polar surface area (TPSA) is 52.5 Å². The number of para-hydroxylation sites is 1. The van der Waals surface area contributed by atoms with Gasteiger partial charge >= 0.3 is 0 Å². The first kappa shape index (κ1) is 9.03. The van der Waals surface area contributed by atoms with E-state index in [1.807, 2.05) is 12.1 Å². The quantitative estimate of drug-likeness (QED) is 0.584. The molecule has 0 heterocycles. The van der Waals surface area contributed by atoms with Crippen molar-refractivity contribution in [2.45, 2.75) is 19.7 Å². The fourth-order valence-electron chi connectivity index (χ4n) is 0.918. The predicted molar refractivity (Wildman–Crippen MR) is 46.6 cm³/mol. The number of aliphatic hydroxyl groups excluding tert-OH is 1. The number of hydrogen-bond acceptors (Lipinski definition) is 3. The van der Waals surface area contributed by atoms with Crippen LogP contribution in [-0.4, -0.2) is 16.4 Å². The van der Waals surface area contributed by atoms with Crippen molar-refractivity contribution in [3.8, 4) is 5.75 Å². The molecule has 1 unspecified atom stereocenters. The third-order valence-corrected chi connectivity index (χ3v) is 1.58. The molecule has 0 amide bonds. The molecule has 0 saturated heterocycles. The number of nitrogens with one attached hydrogen (secondary N) is 1. The predicted octanol–water partition coefficient (Wildman–Crippen LogP) is 0.820. The Labute approximate surface area is 71.7 Å². The Kier molecular flexibility index (Phi) is 3.08. The van der Waals surface area contributed by atoms with Gasteiger partial charge in [0.05, 0.1) is 0 Å². The normalized spacial score (nSPS) is 12.8. The summed E-state index contributed by atoms with van der Waals surface area (Å²) >= 11 is 0. The first-order valence-electron chi connectivity index (χ1n) is 3.88. The number of rotatable bonds is 3. The second-order valence-corrected chi connectivity index (χ2v) is 2.69.